The standard InChI is InChI=1S/C13H13N3O2/c1-18-9-4-2-8(3-5-9)10-6-12(17)15-13-11(10)7-14-16-13/h2-5,7,10H,6H2,1H3,(H2,14,15,16,17)/t10-/m1/s1. The fraction of sp³-hybridized carbons (Fsp3) is 0.231. The Morgan fingerprint density at radius 3 is 2.83 bits per heavy atom. The van der Waals surface area contributed by atoms with E-state index in [-0.39, 0.29) is 11.8 Å². The van der Waals surface area contributed by atoms with Crippen molar-refractivity contribution in [2.24, 2.45) is 0 Å². The summed E-state index contributed by atoms with van der Waals surface area (Å²) in [7, 11) is 1.64. The van der Waals surface area contributed by atoms with Crippen LogP contribution in [0.25, 0.3) is 0 Å². The minimum atomic E-state index is 0.00701. The average molecular weight is 243 g/mol. The number of H-pyrrole nitrogens is 1. The van der Waals surface area contributed by atoms with E-state index < -0.39 is 0 Å². The number of nitrogens with one attached hydrogen (secondary N) is 2. The molecule has 1 aromatic heterocycles. The van der Waals surface area contributed by atoms with Crippen LogP contribution in [0.15, 0.2) is 30.5 Å². The Morgan fingerprint density at radius 2 is 2.11 bits per heavy atom. The fourth-order valence-corrected chi connectivity index (χ4v) is 2.28. The van der Waals surface area contributed by atoms with Crippen molar-refractivity contribution in [2.45, 2.75) is 12.3 Å². The first kappa shape index (κ1) is 10.8. The number of aromatic nitrogens is 2. The largest absolute Gasteiger partial charge is 0.497 e. The molecule has 0 saturated carbocycles. The van der Waals surface area contributed by atoms with E-state index in [4.69, 9.17) is 4.74 Å². The van der Waals surface area contributed by atoms with Gasteiger partial charge in [0.2, 0.25) is 5.91 Å². The number of ether oxygens (including phenoxy) is 1. The number of carbonyl (C=O) groups is 1. The van der Waals surface area contributed by atoms with Crippen molar-refractivity contribution in [2.75, 3.05) is 12.4 Å². The average Bonchev–Trinajstić information content (AvgIpc) is 2.86. The lowest BCUT2D eigenvalue weighted by Gasteiger charge is -2.22. The predicted molar refractivity (Wildman–Crippen MR) is 66.7 cm³/mol. The van der Waals surface area contributed by atoms with Gasteiger partial charge in [0, 0.05) is 17.9 Å². The summed E-state index contributed by atoms with van der Waals surface area (Å²) in [5.41, 5.74) is 2.12. The molecule has 1 aliphatic rings. The summed E-state index contributed by atoms with van der Waals surface area (Å²) in [5.74, 6) is 1.57. The van der Waals surface area contributed by atoms with E-state index in [9.17, 15) is 4.79 Å². The first-order valence-electron chi connectivity index (χ1n) is 5.75. The lowest BCUT2D eigenvalue weighted by atomic mass is 9.87. The Bertz CT molecular complexity index is 574. The Hall–Kier alpha value is -2.30. The third kappa shape index (κ3) is 1.73. The Labute approximate surface area is 104 Å². The highest BCUT2D eigenvalue weighted by Crippen LogP contribution is 2.36. The van der Waals surface area contributed by atoms with Gasteiger partial charge >= 0.3 is 0 Å². The number of fused-ring (bicyclic) bond motifs is 1. The van der Waals surface area contributed by atoms with Crippen molar-refractivity contribution >= 4 is 11.7 Å². The Morgan fingerprint density at radius 1 is 1.33 bits per heavy atom. The highest BCUT2D eigenvalue weighted by atomic mass is 16.5. The van der Waals surface area contributed by atoms with Crippen molar-refractivity contribution < 1.29 is 9.53 Å². The number of methoxy groups -OCH3 is 1. The summed E-state index contributed by atoms with van der Waals surface area (Å²) in [4.78, 5) is 11.6. The number of amides is 1. The number of carbonyl (C=O) groups excluding carboxylic acids is 1. The molecule has 0 spiro atoms. The zero-order valence-corrected chi connectivity index (χ0v) is 9.93. The normalized spacial score (nSPS) is 18.1. The van der Waals surface area contributed by atoms with Gasteiger partial charge in [-0.1, -0.05) is 12.1 Å². The first-order valence-corrected chi connectivity index (χ1v) is 5.75. The van der Waals surface area contributed by atoms with E-state index in [0.717, 1.165) is 16.9 Å². The maximum atomic E-state index is 11.6. The van der Waals surface area contributed by atoms with Gasteiger partial charge in [-0.25, -0.2) is 0 Å². The molecule has 1 aliphatic heterocycles. The van der Waals surface area contributed by atoms with Gasteiger partial charge in [0.05, 0.1) is 13.3 Å². The van der Waals surface area contributed by atoms with Gasteiger partial charge in [0.25, 0.3) is 0 Å². The zero-order chi connectivity index (χ0) is 12.5. The summed E-state index contributed by atoms with van der Waals surface area (Å²) in [6, 6.07) is 7.78. The lowest BCUT2D eigenvalue weighted by molar-refractivity contribution is -0.116. The maximum absolute atomic E-state index is 11.6. The second kappa shape index (κ2) is 4.18. The molecule has 5 heteroatoms. The minimum Gasteiger partial charge on any atom is -0.497 e. The molecule has 2 N–H and O–H groups in total. The Balaban J connectivity index is 1.99. The van der Waals surface area contributed by atoms with Crippen LogP contribution in [0.2, 0.25) is 0 Å². The monoisotopic (exact) mass is 243 g/mol. The van der Waals surface area contributed by atoms with E-state index >= 15 is 0 Å². The summed E-state index contributed by atoms with van der Waals surface area (Å²) < 4.78 is 5.13. The van der Waals surface area contributed by atoms with Crippen molar-refractivity contribution in [1.29, 1.82) is 0 Å². The molecule has 2 aromatic rings. The van der Waals surface area contributed by atoms with Gasteiger partial charge < -0.3 is 10.1 Å². The van der Waals surface area contributed by atoms with E-state index in [1.807, 2.05) is 24.3 Å². The van der Waals surface area contributed by atoms with Crippen LogP contribution in [0.1, 0.15) is 23.5 Å². The molecular weight excluding hydrogens is 230 g/mol. The highest BCUT2D eigenvalue weighted by Gasteiger charge is 2.27. The third-order valence-electron chi connectivity index (χ3n) is 3.22. The molecule has 0 bridgehead atoms. The number of aromatic amines is 1. The van der Waals surface area contributed by atoms with Crippen molar-refractivity contribution in [3.63, 3.8) is 0 Å². The van der Waals surface area contributed by atoms with Crippen LogP contribution in [0.4, 0.5) is 5.82 Å². The van der Waals surface area contributed by atoms with Crippen LogP contribution < -0.4 is 10.1 Å². The van der Waals surface area contributed by atoms with E-state index in [0.29, 0.717) is 12.2 Å². The second-order valence-corrected chi connectivity index (χ2v) is 4.28. The molecular formula is C13H13N3O2. The molecule has 92 valence electrons. The van der Waals surface area contributed by atoms with Gasteiger partial charge in [0.15, 0.2) is 0 Å². The van der Waals surface area contributed by atoms with E-state index in [2.05, 4.69) is 15.5 Å². The smallest absolute Gasteiger partial charge is 0.226 e. The number of benzene rings is 1. The molecule has 0 aliphatic carbocycles. The summed E-state index contributed by atoms with van der Waals surface area (Å²) >= 11 is 0. The number of anilines is 1. The van der Waals surface area contributed by atoms with Crippen molar-refractivity contribution in [3.8, 4) is 5.75 Å². The van der Waals surface area contributed by atoms with Gasteiger partial charge in [-0.05, 0) is 17.7 Å². The van der Waals surface area contributed by atoms with Gasteiger partial charge in [-0.3, -0.25) is 9.89 Å². The Kier molecular flexibility index (Phi) is 2.51. The third-order valence-corrected chi connectivity index (χ3v) is 3.22. The molecule has 1 atom stereocenters. The molecule has 5 nitrogen and oxygen atoms in total. The number of hydrogen-bond acceptors (Lipinski definition) is 3. The zero-order valence-electron chi connectivity index (χ0n) is 9.93. The molecule has 1 amide bonds. The summed E-state index contributed by atoms with van der Waals surface area (Å²) in [6.45, 7) is 0. The topological polar surface area (TPSA) is 67.0 Å². The number of rotatable bonds is 2. The molecule has 0 radical (unpaired) electrons. The molecule has 0 fully saturated rings. The number of hydrogen-bond donors (Lipinski definition) is 2. The predicted octanol–water partition coefficient (Wildman–Crippen LogP) is 1.89. The van der Waals surface area contributed by atoms with Gasteiger partial charge in [0.1, 0.15) is 11.6 Å². The SMILES string of the molecule is COc1ccc([C@H]2CC(=O)Nc3[nH]ncc32)cc1. The molecule has 0 unspecified atom stereocenters. The molecule has 18 heavy (non-hydrogen) atoms. The highest BCUT2D eigenvalue weighted by molar-refractivity contribution is 5.94. The van der Waals surface area contributed by atoms with Crippen LogP contribution in [0.3, 0.4) is 0 Å². The minimum absolute atomic E-state index is 0.00701. The lowest BCUT2D eigenvalue weighted by Crippen LogP contribution is -2.22. The van der Waals surface area contributed by atoms with Gasteiger partial charge in [-0.2, -0.15) is 5.10 Å². The van der Waals surface area contributed by atoms with E-state index in [1.54, 1.807) is 13.3 Å². The molecule has 0 saturated heterocycles. The van der Waals surface area contributed by atoms with Gasteiger partial charge in [-0.15, -0.1) is 0 Å². The fourth-order valence-electron chi connectivity index (χ4n) is 2.28. The summed E-state index contributed by atoms with van der Waals surface area (Å²) in [6.07, 6.45) is 2.21. The summed E-state index contributed by atoms with van der Waals surface area (Å²) in [5, 5.41) is 9.57. The van der Waals surface area contributed by atoms with Crippen LogP contribution in [0, 0.1) is 0 Å². The van der Waals surface area contributed by atoms with Crippen LogP contribution in [-0.4, -0.2) is 23.2 Å². The molecule has 2 heterocycles. The maximum Gasteiger partial charge on any atom is 0.226 e. The molecule has 3 rings (SSSR count). The van der Waals surface area contributed by atoms with Crippen LogP contribution in [0.5, 0.6) is 5.75 Å². The van der Waals surface area contributed by atoms with E-state index in [1.165, 1.54) is 0 Å². The number of nitrogens with zero attached hydrogens (tertiary/aromatic N) is 1. The molecule has 1 aromatic carbocycles. The first-order chi connectivity index (χ1) is 8.78. The second-order valence-electron chi connectivity index (χ2n) is 4.28. The quantitative estimate of drug-likeness (QED) is 0.846. The van der Waals surface area contributed by atoms with Crippen LogP contribution in [-0.2, 0) is 4.79 Å². The van der Waals surface area contributed by atoms with Crippen molar-refractivity contribution in [3.05, 3.63) is 41.6 Å². The van der Waals surface area contributed by atoms with Crippen LogP contribution >= 0.6 is 0 Å². The van der Waals surface area contributed by atoms with Crippen molar-refractivity contribution in [1.82, 2.24) is 10.2 Å².